The molecule has 1 amide bonds. The highest BCUT2D eigenvalue weighted by atomic mass is 35.5. The number of hydrogen-bond acceptors (Lipinski definition) is 3. The van der Waals surface area contributed by atoms with Crippen molar-refractivity contribution in [1.82, 2.24) is 10.2 Å². The zero-order valence-corrected chi connectivity index (χ0v) is 15.6. The summed E-state index contributed by atoms with van der Waals surface area (Å²) in [4.78, 5) is 14.5. The molecule has 1 atom stereocenters. The van der Waals surface area contributed by atoms with Crippen molar-refractivity contribution in [2.45, 2.75) is 19.4 Å². The van der Waals surface area contributed by atoms with Gasteiger partial charge in [0.25, 0.3) is 0 Å². The van der Waals surface area contributed by atoms with Crippen molar-refractivity contribution in [1.29, 1.82) is 0 Å². The second-order valence-electron chi connectivity index (χ2n) is 6.28. The van der Waals surface area contributed by atoms with Crippen LogP contribution in [0.1, 0.15) is 23.6 Å². The minimum Gasteiger partial charge on any atom is -0.493 e. The van der Waals surface area contributed by atoms with Crippen LogP contribution in [0.15, 0.2) is 48.5 Å². The molecular formula is C20H24ClFN2O2. The summed E-state index contributed by atoms with van der Waals surface area (Å²) in [6.45, 7) is 4.33. The molecule has 4 nitrogen and oxygen atoms in total. The third-order valence-electron chi connectivity index (χ3n) is 4.37. The molecule has 26 heavy (non-hydrogen) atoms. The zero-order valence-electron chi connectivity index (χ0n) is 14.8. The topological polar surface area (TPSA) is 41.6 Å². The van der Waals surface area contributed by atoms with Crippen LogP contribution in [0.25, 0.3) is 0 Å². The molecule has 2 aromatic rings. The van der Waals surface area contributed by atoms with E-state index >= 15 is 0 Å². The summed E-state index contributed by atoms with van der Waals surface area (Å²) in [5, 5.41) is 3.28. The molecule has 1 fully saturated rings. The minimum atomic E-state index is -0.279. The maximum atomic E-state index is 13.5. The monoisotopic (exact) mass is 378 g/mol. The molecule has 1 unspecified atom stereocenters. The molecule has 0 spiro atoms. The Labute approximate surface area is 159 Å². The molecule has 0 bridgehead atoms. The number of hydrogen-bond donors (Lipinski definition) is 1. The van der Waals surface area contributed by atoms with Gasteiger partial charge in [-0.05, 0) is 42.3 Å². The SMILES string of the molecule is Cc1cccc(OCCC(=O)N2CCNCC2c2cccc(F)c2)c1.Cl. The summed E-state index contributed by atoms with van der Waals surface area (Å²) in [5.74, 6) is 0.524. The predicted molar refractivity (Wildman–Crippen MR) is 102 cm³/mol. The van der Waals surface area contributed by atoms with Crippen LogP contribution in [0.4, 0.5) is 4.39 Å². The summed E-state index contributed by atoms with van der Waals surface area (Å²) in [6.07, 6.45) is 0.305. The van der Waals surface area contributed by atoms with Crippen LogP contribution in [0, 0.1) is 12.7 Å². The number of piperazine rings is 1. The van der Waals surface area contributed by atoms with Gasteiger partial charge in [-0.2, -0.15) is 0 Å². The van der Waals surface area contributed by atoms with Gasteiger partial charge in [-0.3, -0.25) is 4.79 Å². The zero-order chi connectivity index (χ0) is 17.6. The fourth-order valence-corrected chi connectivity index (χ4v) is 3.12. The maximum Gasteiger partial charge on any atom is 0.226 e. The number of benzene rings is 2. The Kier molecular flexibility index (Phi) is 7.42. The molecule has 1 heterocycles. The number of amides is 1. The Bertz CT molecular complexity index is 741. The van der Waals surface area contributed by atoms with Gasteiger partial charge in [-0.15, -0.1) is 12.4 Å². The second kappa shape index (κ2) is 9.55. The first-order valence-corrected chi connectivity index (χ1v) is 8.58. The Morgan fingerprint density at radius 1 is 1.27 bits per heavy atom. The van der Waals surface area contributed by atoms with E-state index in [-0.39, 0.29) is 30.2 Å². The molecule has 0 aromatic heterocycles. The van der Waals surface area contributed by atoms with Crippen molar-refractivity contribution in [3.8, 4) is 5.75 Å². The van der Waals surface area contributed by atoms with E-state index in [1.165, 1.54) is 12.1 Å². The van der Waals surface area contributed by atoms with Crippen LogP contribution in [0.3, 0.4) is 0 Å². The highest BCUT2D eigenvalue weighted by molar-refractivity contribution is 5.85. The summed E-state index contributed by atoms with van der Waals surface area (Å²) in [6, 6.07) is 14.1. The third kappa shape index (κ3) is 5.19. The molecule has 1 N–H and O–H groups in total. The van der Waals surface area contributed by atoms with E-state index in [0.717, 1.165) is 23.4 Å². The van der Waals surface area contributed by atoms with Gasteiger partial charge in [0, 0.05) is 19.6 Å². The molecule has 0 saturated carbocycles. The number of halogens is 2. The number of nitrogens with one attached hydrogen (secondary N) is 1. The first-order chi connectivity index (χ1) is 12.1. The van der Waals surface area contributed by atoms with Gasteiger partial charge in [0.15, 0.2) is 0 Å². The van der Waals surface area contributed by atoms with Gasteiger partial charge in [0.1, 0.15) is 11.6 Å². The number of aryl methyl sites for hydroxylation is 1. The summed E-state index contributed by atoms with van der Waals surface area (Å²) >= 11 is 0. The molecule has 140 valence electrons. The average molecular weight is 379 g/mol. The van der Waals surface area contributed by atoms with Crippen molar-refractivity contribution in [3.05, 3.63) is 65.5 Å². The molecule has 6 heteroatoms. The summed E-state index contributed by atoms with van der Waals surface area (Å²) in [5.41, 5.74) is 1.94. The van der Waals surface area contributed by atoms with Crippen LogP contribution in [-0.2, 0) is 4.79 Å². The number of carbonyl (C=O) groups excluding carboxylic acids is 1. The number of nitrogens with zero attached hydrogens (tertiary/aromatic N) is 1. The minimum absolute atomic E-state index is 0. The van der Waals surface area contributed by atoms with E-state index < -0.39 is 0 Å². The Morgan fingerprint density at radius 2 is 2.08 bits per heavy atom. The van der Waals surface area contributed by atoms with E-state index in [1.807, 2.05) is 42.2 Å². The molecule has 1 aliphatic heterocycles. The third-order valence-corrected chi connectivity index (χ3v) is 4.37. The van der Waals surface area contributed by atoms with Crippen LogP contribution in [-0.4, -0.2) is 37.0 Å². The van der Waals surface area contributed by atoms with E-state index in [1.54, 1.807) is 6.07 Å². The lowest BCUT2D eigenvalue weighted by Gasteiger charge is -2.36. The smallest absolute Gasteiger partial charge is 0.226 e. The van der Waals surface area contributed by atoms with Crippen LogP contribution < -0.4 is 10.1 Å². The fourth-order valence-electron chi connectivity index (χ4n) is 3.12. The molecule has 1 aliphatic rings. The van der Waals surface area contributed by atoms with E-state index in [9.17, 15) is 9.18 Å². The van der Waals surface area contributed by atoms with Gasteiger partial charge < -0.3 is 15.0 Å². The van der Waals surface area contributed by atoms with Crippen molar-refractivity contribution in [2.75, 3.05) is 26.2 Å². The molecule has 0 radical (unpaired) electrons. The molecule has 2 aromatic carbocycles. The standard InChI is InChI=1S/C20H23FN2O2.ClH/c1-15-4-2-7-18(12-15)25-11-8-20(24)23-10-9-22-14-19(23)16-5-3-6-17(21)13-16;/h2-7,12-13,19,22H,8-11,14H2,1H3;1H. The van der Waals surface area contributed by atoms with E-state index in [2.05, 4.69) is 5.32 Å². The number of rotatable bonds is 5. The lowest BCUT2D eigenvalue weighted by molar-refractivity contribution is -0.135. The fraction of sp³-hybridized carbons (Fsp3) is 0.350. The Hall–Kier alpha value is -2.11. The van der Waals surface area contributed by atoms with Crippen molar-refractivity contribution in [2.24, 2.45) is 0 Å². The Morgan fingerprint density at radius 3 is 2.85 bits per heavy atom. The summed E-state index contributed by atoms with van der Waals surface area (Å²) in [7, 11) is 0. The first kappa shape index (κ1) is 20.2. The molecule has 1 saturated heterocycles. The lowest BCUT2D eigenvalue weighted by Crippen LogP contribution is -2.49. The Balaban J connectivity index is 0.00000243. The second-order valence-corrected chi connectivity index (χ2v) is 6.28. The highest BCUT2D eigenvalue weighted by Crippen LogP contribution is 2.23. The predicted octanol–water partition coefficient (Wildman–Crippen LogP) is 3.50. The summed E-state index contributed by atoms with van der Waals surface area (Å²) < 4.78 is 19.2. The lowest BCUT2D eigenvalue weighted by atomic mass is 10.0. The maximum absolute atomic E-state index is 13.5. The molecular weight excluding hydrogens is 355 g/mol. The van der Waals surface area contributed by atoms with Crippen LogP contribution >= 0.6 is 12.4 Å². The highest BCUT2D eigenvalue weighted by Gasteiger charge is 2.27. The number of ether oxygens (including phenoxy) is 1. The van der Waals surface area contributed by atoms with Crippen LogP contribution in [0.2, 0.25) is 0 Å². The molecule has 3 rings (SSSR count). The largest absolute Gasteiger partial charge is 0.493 e. The van der Waals surface area contributed by atoms with Crippen molar-refractivity contribution >= 4 is 18.3 Å². The van der Waals surface area contributed by atoms with E-state index in [0.29, 0.717) is 26.1 Å². The van der Waals surface area contributed by atoms with E-state index in [4.69, 9.17) is 4.74 Å². The normalized spacial score (nSPS) is 16.7. The van der Waals surface area contributed by atoms with Gasteiger partial charge >= 0.3 is 0 Å². The number of carbonyl (C=O) groups is 1. The molecule has 0 aliphatic carbocycles. The quantitative estimate of drug-likeness (QED) is 0.865. The van der Waals surface area contributed by atoms with Gasteiger partial charge in [0.05, 0.1) is 19.1 Å². The van der Waals surface area contributed by atoms with Gasteiger partial charge in [-0.25, -0.2) is 4.39 Å². The van der Waals surface area contributed by atoms with Gasteiger partial charge in [0.2, 0.25) is 5.91 Å². The first-order valence-electron chi connectivity index (χ1n) is 8.58. The van der Waals surface area contributed by atoms with Gasteiger partial charge in [-0.1, -0.05) is 24.3 Å². The van der Waals surface area contributed by atoms with Crippen molar-refractivity contribution < 1.29 is 13.9 Å². The van der Waals surface area contributed by atoms with Crippen molar-refractivity contribution in [3.63, 3.8) is 0 Å². The van der Waals surface area contributed by atoms with Crippen LogP contribution in [0.5, 0.6) is 5.75 Å². The average Bonchev–Trinajstić information content (AvgIpc) is 2.62.